The van der Waals surface area contributed by atoms with Gasteiger partial charge in [0, 0.05) is 12.8 Å². The highest BCUT2D eigenvalue weighted by molar-refractivity contribution is 5.76. The van der Waals surface area contributed by atoms with Gasteiger partial charge in [-0.25, -0.2) is 0 Å². The van der Waals surface area contributed by atoms with Gasteiger partial charge in [0.05, 0.1) is 25.4 Å². The maximum absolute atomic E-state index is 12.5. The number of hydrogen-bond acceptors (Lipinski definition) is 5. The standard InChI is InChI=1S/C85H159NO5/c1-3-5-7-9-11-13-15-17-19-21-22-40-43-46-49-53-57-61-65-69-73-77-83(88)82(81-87)86-84(89)78-74-70-66-62-58-54-50-47-44-41-38-36-34-32-30-28-26-24-23-25-27-29-31-33-35-37-39-42-45-48-52-56-60-64-68-72-76-80-91-85(90)79-75-71-67-63-59-55-51-20-18-16-14-12-10-8-6-4-2/h14,16,20,23,25,29,31,51,73,77,82-83,87-88H,3-13,15,17-19,21-22,24,26-28,30,32-50,52-72,74-76,78-81H2,1-2H3,(H,86,89)/b16-14-,25-23-,31-29-,51-20-,77-73+. The first-order valence-corrected chi connectivity index (χ1v) is 41.1. The lowest BCUT2D eigenvalue weighted by Crippen LogP contribution is -2.45. The first-order chi connectivity index (χ1) is 45.0. The SMILES string of the molecule is CCCCCC/C=C\C/C=C\CCCCCCCC(=O)OCCCCCCCCCCCCCCC/C=C\C/C=C\CCCCCCCCCCCCCCCCCCCC(=O)NC(CO)C(O)/C=C/CCCCCCCCCCCCCCCCCCCCC. The molecule has 0 aliphatic rings. The third-order valence-electron chi connectivity index (χ3n) is 19.0. The summed E-state index contributed by atoms with van der Waals surface area (Å²) in [6, 6.07) is -0.628. The van der Waals surface area contributed by atoms with Gasteiger partial charge < -0.3 is 20.3 Å². The van der Waals surface area contributed by atoms with E-state index in [0.717, 1.165) is 57.8 Å². The molecule has 0 rings (SSSR count). The number of amides is 1. The number of rotatable bonds is 77. The second-order valence-corrected chi connectivity index (χ2v) is 28.1. The molecule has 6 nitrogen and oxygen atoms in total. The van der Waals surface area contributed by atoms with Crippen LogP contribution in [0.2, 0.25) is 0 Å². The molecule has 0 aromatic carbocycles. The van der Waals surface area contributed by atoms with Crippen LogP contribution < -0.4 is 5.32 Å². The van der Waals surface area contributed by atoms with Crippen LogP contribution in [0.1, 0.15) is 444 Å². The molecular formula is C85H159NO5. The van der Waals surface area contributed by atoms with Crippen LogP contribution in [0.3, 0.4) is 0 Å². The Bertz CT molecular complexity index is 1570. The minimum absolute atomic E-state index is 0.00531. The number of aliphatic hydroxyl groups excluding tert-OH is 2. The Morgan fingerprint density at radius 1 is 0.308 bits per heavy atom. The molecule has 0 saturated carbocycles. The van der Waals surface area contributed by atoms with Gasteiger partial charge in [-0.1, -0.05) is 396 Å². The monoisotopic (exact) mass is 1270 g/mol. The minimum atomic E-state index is -0.845. The Kier molecular flexibility index (Phi) is 77.9. The average Bonchev–Trinajstić information content (AvgIpc) is 3.66. The van der Waals surface area contributed by atoms with Crippen molar-refractivity contribution in [1.82, 2.24) is 5.32 Å². The smallest absolute Gasteiger partial charge is 0.305 e. The van der Waals surface area contributed by atoms with E-state index >= 15 is 0 Å². The third kappa shape index (κ3) is 76.5. The Morgan fingerprint density at radius 2 is 0.549 bits per heavy atom. The van der Waals surface area contributed by atoms with Gasteiger partial charge in [-0.3, -0.25) is 9.59 Å². The van der Waals surface area contributed by atoms with Gasteiger partial charge in [0.15, 0.2) is 0 Å². The Labute approximate surface area is 569 Å². The molecule has 3 N–H and O–H groups in total. The van der Waals surface area contributed by atoms with Gasteiger partial charge in [-0.05, 0) is 96.3 Å². The Balaban J connectivity index is 3.39. The van der Waals surface area contributed by atoms with E-state index in [0.29, 0.717) is 19.4 Å². The van der Waals surface area contributed by atoms with Crippen LogP contribution in [0.5, 0.6) is 0 Å². The van der Waals surface area contributed by atoms with E-state index in [4.69, 9.17) is 4.74 Å². The summed E-state index contributed by atoms with van der Waals surface area (Å²) in [7, 11) is 0. The van der Waals surface area contributed by atoms with Crippen LogP contribution in [0.4, 0.5) is 0 Å². The molecular weight excluding hydrogens is 1110 g/mol. The predicted molar refractivity (Wildman–Crippen MR) is 402 cm³/mol. The number of ether oxygens (including phenoxy) is 1. The number of carbonyl (C=O) groups excluding carboxylic acids is 2. The minimum Gasteiger partial charge on any atom is -0.466 e. The molecule has 2 unspecified atom stereocenters. The van der Waals surface area contributed by atoms with E-state index in [9.17, 15) is 19.8 Å². The van der Waals surface area contributed by atoms with Crippen LogP contribution in [0.25, 0.3) is 0 Å². The summed E-state index contributed by atoms with van der Waals surface area (Å²) < 4.78 is 5.50. The molecule has 0 aliphatic heterocycles. The third-order valence-corrected chi connectivity index (χ3v) is 19.0. The first kappa shape index (κ1) is 88.6. The van der Waals surface area contributed by atoms with E-state index < -0.39 is 12.1 Å². The van der Waals surface area contributed by atoms with Crippen molar-refractivity contribution in [3.8, 4) is 0 Å². The van der Waals surface area contributed by atoms with E-state index in [2.05, 4.69) is 67.8 Å². The summed E-state index contributed by atoms with van der Waals surface area (Å²) in [5.41, 5.74) is 0. The maximum atomic E-state index is 12.5. The lowest BCUT2D eigenvalue weighted by molar-refractivity contribution is -0.143. The van der Waals surface area contributed by atoms with E-state index in [-0.39, 0.29) is 18.5 Å². The fourth-order valence-electron chi connectivity index (χ4n) is 12.8. The lowest BCUT2D eigenvalue weighted by Gasteiger charge is -2.20. The number of nitrogens with one attached hydrogen (secondary N) is 1. The summed E-state index contributed by atoms with van der Waals surface area (Å²) in [4.78, 5) is 24.6. The van der Waals surface area contributed by atoms with E-state index in [1.54, 1.807) is 6.08 Å². The number of esters is 1. The normalized spacial score (nSPS) is 12.8. The zero-order valence-electron chi connectivity index (χ0n) is 61.3. The summed E-state index contributed by atoms with van der Waals surface area (Å²) >= 11 is 0. The zero-order chi connectivity index (χ0) is 65.6. The van der Waals surface area contributed by atoms with Crippen molar-refractivity contribution in [1.29, 1.82) is 0 Å². The van der Waals surface area contributed by atoms with E-state index in [1.165, 1.54) is 360 Å². The molecule has 1 amide bonds. The second-order valence-electron chi connectivity index (χ2n) is 28.1. The zero-order valence-corrected chi connectivity index (χ0v) is 61.3. The fraction of sp³-hybridized carbons (Fsp3) is 0.859. The van der Waals surface area contributed by atoms with Crippen LogP contribution in [-0.4, -0.2) is 47.4 Å². The molecule has 0 radical (unpaired) electrons. The number of aliphatic hydroxyl groups is 2. The number of unbranched alkanes of at least 4 members (excludes halogenated alkanes) is 58. The van der Waals surface area contributed by atoms with E-state index in [1.807, 2.05) is 6.08 Å². The molecule has 0 saturated heterocycles. The predicted octanol–water partition coefficient (Wildman–Crippen LogP) is 27.3. The largest absolute Gasteiger partial charge is 0.466 e. The molecule has 0 bridgehead atoms. The van der Waals surface area contributed by atoms with Gasteiger partial charge in [-0.2, -0.15) is 0 Å². The highest BCUT2D eigenvalue weighted by Gasteiger charge is 2.18. The lowest BCUT2D eigenvalue weighted by atomic mass is 10.0. The summed E-state index contributed by atoms with van der Waals surface area (Å²) in [5.74, 6) is -0.0560. The van der Waals surface area contributed by atoms with Crippen molar-refractivity contribution in [3.05, 3.63) is 60.8 Å². The van der Waals surface area contributed by atoms with Gasteiger partial charge in [-0.15, -0.1) is 0 Å². The van der Waals surface area contributed by atoms with Gasteiger partial charge >= 0.3 is 5.97 Å². The average molecular weight is 1280 g/mol. The van der Waals surface area contributed by atoms with Gasteiger partial charge in [0.1, 0.15) is 0 Å². The van der Waals surface area contributed by atoms with Crippen molar-refractivity contribution in [2.45, 2.75) is 456 Å². The molecule has 91 heavy (non-hydrogen) atoms. The van der Waals surface area contributed by atoms with Crippen molar-refractivity contribution in [2.75, 3.05) is 13.2 Å². The highest BCUT2D eigenvalue weighted by Crippen LogP contribution is 2.19. The summed E-state index contributed by atoms with van der Waals surface area (Å²) in [5, 5.41) is 23.3. The quantitative estimate of drug-likeness (QED) is 0.0320. The van der Waals surface area contributed by atoms with Crippen molar-refractivity contribution < 1.29 is 24.5 Å². The van der Waals surface area contributed by atoms with Crippen molar-refractivity contribution >= 4 is 11.9 Å². The Morgan fingerprint density at radius 3 is 0.846 bits per heavy atom. The van der Waals surface area contributed by atoms with Crippen LogP contribution in [-0.2, 0) is 14.3 Å². The molecule has 0 heterocycles. The number of carbonyl (C=O) groups is 2. The Hall–Kier alpha value is -2.44. The molecule has 0 aromatic heterocycles. The van der Waals surface area contributed by atoms with Crippen LogP contribution in [0.15, 0.2) is 60.8 Å². The first-order valence-electron chi connectivity index (χ1n) is 41.1. The molecule has 6 heteroatoms. The topological polar surface area (TPSA) is 95.9 Å². The molecule has 0 aromatic rings. The molecule has 2 atom stereocenters. The number of allylic oxidation sites excluding steroid dienone is 9. The summed E-state index contributed by atoms with van der Waals surface area (Å²) in [6.45, 7) is 4.92. The van der Waals surface area contributed by atoms with Gasteiger partial charge in [0.25, 0.3) is 0 Å². The molecule has 0 aliphatic carbocycles. The second kappa shape index (κ2) is 80.0. The van der Waals surface area contributed by atoms with Crippen molar-refractivity contribution in [3.63, 3.8) is 0 Å². The number of hydrogen-bond donors (Lipinski definition) is 3. The summed E-state index contributed by atoms with van der Waals surface area (Å²) in [6.07, 6.45) is 108. The highest BCUT2D eigenvalue weighted by atomic mass is 16.5. The van der Waals surface area contributed by atoms with Crippen molar-refractivity contribution in [2.24, 2.45) is 0 Å². The van der Waals surface area contributed by atoms with Gasteiger partial charge in [0.2, 0.25) is 5.91 Å². The molecule has 0 spiro atoms. The van der Waals surface area contributed by atoms with Crippen LogP contribution in [0, 0.1) is 0 Å². The maximum Gasteiger partial charge on any atom is 0.305 e. The molecule has 0 fully saturated rings. The fourth-order valence-corrected chi connectivity index (χ4v) is 12.8. The molecule has 534 valence electrons. The van der Waals surface area contributed by atoms with Crippen LogP contribution >= 0.6 is 0 Å².